The van der Waals surface area contributed by atoms with E-state index in [4.69, 9.17) is 9.47 Å². The van der Waals surface area contributed by atoms with Gasteiger partial charge in [0.25, 0.3) is 5.91 Å². The van der Waals surface area contributed by atoms with Gasteiger partial charge in [-0.25, -0.2) is 4.79 Å². The van der Waals surface area contributed by atoms with E-state index in [1.54, 1.807) is 15.9 Å². The Morgan fingerprint density at radius 3 is 2.32 bits per heavy atom. The van der Waals surface area contributed by atoms with Gasteiger partial charge >= 0.3 is 6.09 Å². The predicted octanol–water partition coefficient (Wildman–Crippen LogP) is 1.92. The lowest BCUT2D eigenvalue weighted by Crippen LogP contribution is -2.50. The van der Waals surface area contributed by atoms with Crippen molar-refractivity contribution in [3.05, 3.63) is 29.3 Å². The first-order valence-corrected chi connectivity index (χ1v) is 7.42. The van der Waals surface area contributed by atoms with E-state index in [1.807, 2.05) is 26.0 Å². The molecule has 0 atom stereocenters. The molecule has 1 aromatic carbocycles. The molecule has 0 saturated carbocycles. The first-order chi connectivity index (χ1) is 10.6. The maximum Gasteiger partial charge on any atom is 0.409 e. The molecule has 1 aliphatic heterocycles. The van der Waals surface area contributed by atoms with Crippen LogP contribution in [0.15, 0.2) is 18.2 Å². The summed E-state index contributed by atoms with van der Waals surface area (Å²) in [6, 6.07) is 5.46. The first kappa shape index (κ1) is 16.1. The second-order valence-electron chi connectivity index (χ2n) is 5.16. The van der Waals surface area contributed by atoms with Crippen LogP contribution in [0.5, 0.6) is 5.75 Å². The highest BCUT2D eigenvalue weighted by Crippen LogP contribution is 2.20. The summed E-state index contributed by atoms with van der Waals surface area (Å²) in [5.41, 5.74) is 1.59. The van der Waals surface area contributed by atoms with Gasteiger partial charge in [-0.1, -0.05) is 0 Å². The maximum absolute atomic E-state index is 12.5. The number of nitrogens with zero attached hydrogens (tertiary/aromatic N) is 2. The zero-order valence-electron chi connectivity index (χ0n) is 13.3. The van der Waals surface area contributed by atoms with Gasteiger partial charge in [-0.05, 0) is 37.6 Å². The van der Waals surface area contributed by atoms with E-state index in [0.717, 1.165) is 11.3 Å². The molecule has 2 amide bonds. The van der Waals surface area contributed by atoms with Crippen molar-refractivity contribution in [2.75, 3.05) is 39.9 Å². The van der Waals surface area contributed by atoms with Crippen LogP contribution in [0.4, 0.5) is 4.79 Å². The minimum absolute atomic E-state index is 0.0179. The van der Waals surface area contributed by atoms with E-state index in [-0.39, 0.29) is 12.0 Å². The van der Waals surface area contributed by atoms with Crippen LogP contribution in [0.1, 0.15) is 22.8 Å². The maximum atomic E-state index is 12.5. The minimum atomic E-state index is -0.344. The van der Waals surface area contributed by atoms with Gasteiger partial charge in [-0.15, -0.1) is 0 Å². The third kappa shape index (κ3) is 3.50. The van der Waals surface area contributed by atoms with E-state index < -0.39 is 0 Å². The Hall–Kier alpha value is -2.24. The number of amides is 2. The SMILES string of the molecule is CCOc1ccc(C(=O)N2CCN(C(=O)OC)CC2)cc1C. The molecule has 1 saturated heterocycles. The van der Waals surface area contributed by atoms with Gasteiger partial charge in [0.05, 0.1) is 13.7 Å². The van der Waals surface area contributed by atoms with Crippen molar-refractivity contribution in [2.45, 2.75) is 13.8 Å². The number of carbonyl (C=O) groups excluding carboxylic acids is 2. The fourth-order valence-electron chi connectivity index (χ4n) is 2.50. The summed E-state index contributed by atoms with van der Waals surface area (Å²) in [5.74, 6) is 0.783. The molecule has 0 unspecified atom stereocenters. The van der Waals surface area contributed by atoms with Crippen molar-refractivity contribution in [1.29, 1.82) is 0 Å². The van der Waals surface area contributed by atoms with E-state index in [1.165, 1.54) is 7.11 Å². The van der Waals surface area contributed by atoms with Crippen molar-refractivity contribution in [2.24, 2.45) is 0 Å². The summed E-state index contributed by atoms with van der Waals surface area (Å²) in [5, 5.41) is 0. The third-order valence-electron chi connectivity index (χ3n) is 3.72. The standard InChI is InChI=1S/C16H22N2O4/c1-4-22-14-6-5-13(11-12(14)2)15(19)17-7-9-18(10-8-17)16(20)21-3/h5-6,11H,4,7-10H2,1-3H3. The smallest absolute Gasteiger partial charge is 0.409 e. The van der Waals surface area contributed by atoms with Gasteiger partial charge in [-0.3, -0.25) is 4.79 Å². The normalized spacial score (nSPS) is 14.7. The van der Waals surface area contributed by atoms with Crippen molar-refractivity contribution in [1.82, 2.24) is 9.80 Å². The predicted molar refractivity (Wildman–Crippen MR) is 82.2 cm³/mol. The highest BCUT2D eigenvalue weighted by atomic mass is 16.5. The number of hydrogen-bond acceptors (Lipinski definition) is 4. The van der Waals surface area contributed by atoms with Crippen LogP contribution in [-0.4, -0.2) is 61.7 Å². The van der Waals surface area contributed by atoms with Crippen molar-refractivity contribution >= 4 is 12.0 Å². The fourth-order valence-corrected chi connectivity index (χ4v) is 2.50. The summed E-state index contributed by atoms with van der Waals surface area (Å²) in [6.07, 6.45) is -0.344. The first-order valence-electron chi connectivity index (χ1n) is 7.42. The highest BCUT2D eigenvalue weighted by Gasteiger charge is 2.25. The van der Waals surface area contributed by atoms with Crippen LogP contribution < -0.4 is 4.74 Å². The second kappa shape index (κ2) is 7.15. The van der Waals surface area contributed by atoms with Gasteiger partial charge in [0.15, 0.2) is 0 Å². The van der Waals surface area contributed by atoms with Crippen LogP contribution in [0.25, 0.3) is 0 Å². The summed E-state index contributed by atoms with van der Waals surface area (Å²) in [7, 11) is 1.36. The lowest BCUT2D eigenvalue weighted by atomic mass is 10.1. The van der Waals surface area contributed by atoms with Gasteiger partial charge in [0, 0.05) is 31.7 Å². The summed E-state index contributed by atoms with van der Waals surface area (Å²) < 4.78 is 10.2. The molecule has 1 heterocycles. The zero-order chi connectivity index (χ0) is 16.1. The molecule has 0 aromatic heterocycles. The van der Waals surface area contributed by atoms with E-state index in [9.17, 15) is 9.59 Å². The number of piperazine rings is 1. The summed E-state index contributed by atoms with van der Waals surface area (Å²) in [6.45, 7) is 6.48. The van der Waals surface area contributed by atoms with Gasteiger partial charge in [0.1, 0.15) is 5.75 Å². The molecule has 22 heavy (non-hydrogen) atoms. The largest absolute Gasteiger partial charge is 0.494 e. The molecule has 120 valence electrons. The van der Waals surface area contributed by atoms with Gasteiger partial charge in [-0.2, -0.15) is 0 Å². The Morgan fingerprint density at radius 1 is 1.14 bits per heavy atom. The summed E-state index contributed by atoms with van der Waals surface area (Å²) in [4.78, 5) is 27.3. The Bertz CT molecular complexity index is 551. The summed E-state index contributed by atoms with van der Waals surface area (Å²) >= 11 is 0. The van der Waals surface area contributed by atoms with Crippen molar-refractivity contribution in [3.63, 3.8) is 0 Å². The van der Waals surface area contributed by atoms with Crippen LogP contribution in [0, 0.1) is 6.92 Å². The number of rotatable bonds is 3. The molecule has 0 aliphatic carbocycles. The number of ether oxygens (including phenoxy) is 2. The topological polar surface area (TPSA) is 59.1 Å². The number of benzene rings is 1. The number of methoxy groups -OCH3 is 1. The molecule has 1 fully saturated rings. The number of carbonyl (C=O) groups is 2. The molecule has 6 heteroatoms. The van der Waals surface area contributed by atoms with E-state index >= 15 is 0 Å². The van der Waals surface area contributed by atoms with Gasteiger partial charge < -0.3 is 19.3 Å². The monoisotopic (exact) mass is 306 g/mol. The third-order valence-corrected chi connectivity index (χ3v) is 3.72. The molecule has 2 rings (SSSR count). The average molecular weight is 306 g/mol. The molecule has 0 spiro atoms. The molecule has 0 N–H and O–H groups in total. The van der Waals surface area contributed by atoms with Crippen LogP contribution in [0.2, 0.25) is 0 Å². The molecule has 1 aromatic rings. The zero-order valence-corrected chi connectivity index (χ0v) is 13.3. The quantitative estimate of drug-likeness (QED) is 0.856. The lowest BCUT2D eigenvalue weighted by molar-refractivity contribution is 0.0599. The van der Waals surface area contributed by atoms with Crippen LogP contribution in [0.3, 0.4) is 0 Å². The lowest BCUT2D eigenvalue weighted by Gasteiger charge is -2.33. The van der Waals surface area contributed by atoms with E-state index in [2.05, 4.69) is 0 Å². The van der Waals surface area contributed by atoms with Crippen LogP contribution >= 0.6 is 0 Å². The molecule has 0 radical (unpaired) electrons. The second-order valence-corrected chi connectivity index (χ2v) is 5.16. The minimum Gasteiger partial charge on any atom is -0.494 e. The number of hydrogen-bond donors (Lipinski definition) is 0. The molecule has 0 bridgehead atoms. The van der Waals surface area contributed by atoms with Crippen molar-refractivity contribution in [3.8, 4) is 5.75 Å². The molecular weight excluding hydrogens is 284 g/mol. The van der Waals surface area contributed by atoms with Gasteiger partial charge in [0.2, 0.25) is 0 Å². The highest BCUT2D eigenvalue weighted by molar-refractivity contribution is 5.94. The molecule has 6 nitrogen and oxygen atoms in total. The van der Waals surface area contributed by atoms with Crippen LogP contribution in [-0.2, 0) is 4.74 Å². The van der Waals surface area contributed by atoms with E-state index in [0.29, 0.717) is 38.3 Å². The number of aryl methyl sites for hydroxylation is 1. The molecule has 1 aliphatic rings. The fraction of sp³-hybridized carbons (Fsp3) is 0.500. The Labute approximate surface area is 130 Å². The average Bonchev–Trinajstić information content (AvgIpc) is 2.55. The molecular formula is C16H22N2O4. The van der Waals surface area contributed by atoms with Crippen molar-refractivity contribution < 1.29 is 19.1 Å². The Kier molecular flexibility index (Phi) is 5.25. The Balaban J connectivity index is 2.01. The Morgan fingerprint density at radius 2 is 1.77 bits per heavy atom.